The lowest BCUT2D eigenvalue weighted by atomic mass is 10.0. The van der Waals surface area contributed by atoms with Gasteiger partial charge in [-0.1, -0.05) is 37.2 Å². The van der Waals surface area contributed by atoms with Gasteiger partial charge in [0.2, 0.25) is 5.95 Å². The van der Waals surface area contributed by atoms with E-state index in [9.17, 15) is 0 Å². The molecule has 0 fully saturated rings. The zero-order chi connectivity index (χ0) is 17.1. The first kappa shape index (κ1) is 16.0. The maximum Gasteiger partial charge on any atom is 0.230 e. The summed E-state index contributed by atoms with van der Waals surface area (Å²) in [6.07, 6.45) is 0. The lowest BCUT2D eigenvalue weighted by Gasteiger charge is -2.14. The van der Waals surface area contributed by atoms with Crippen LogP contribution in [0.25, 0.3) is 0 Å². The highest BCUT2D eigenvalue weighted by Gasteiger charge is 2.09. The highest BCUT2D eigenvalue weighted by Crippen LogP contribution is 2.27. The van der Waals surface area contributed by atoms with Crippen molar-refractivity contribution in [1.82, 2.24) is 15.1 Å². The molecular formula is C18H21N5O. The van der Waals surface area contributed by atoms with Crippen molar-refractivity contribution in [2.24, 2.45) is 0 Å². The van der Waals surface area contributed by atoms with Crippen molar-refractivity contribution in [3.8, 4) is 0 Å². The topological polar surface area (TPSA) is 75.9 Å². The second kappa shape index (κ2) is 6.70. The van der Waals surface area contributed by atoms with Gasteiger partial charge in [-0.2, -0.15) is 4.98 Å². The van der Waals surface area contributed by atoms with E-state index in [1.54, 1.807) is 6.07 Å². The number of aryl methyl sites for hydroxylation is 2. The lowest BCUT2D eigenvalue weighted by Crippen LogP contribution is -2.04. The SMILES string of the molecule is Cc1cc(Nc2ccccc2C(C)C)nc(Nc2cc(C)on2)n1. The molecule has 0 saturated carbocycles. The molecule has 0 aliphatic carbocycles. The number of hydrogen-bond acceptors (Lipinski definition) is 6. The summed E-state index contributed by atoms with van der Waals surface area (Å²) in [7, 11) is 0. The maximum absolute atomic E-state index is 5.05. The number of benzene rings is 1. The Kier molecular flexibility index (Phi) is 4.46. The average Bonchev–Trinajstić information content (AvgIpc) is 2.92. The molecule has 2 heterocycles. The van der Waals surface area contributed by atoms with Gasteiger partial charge in [-0.15, -0.1) is 0 Å². The molecular weight excluding hydrogens is 302 g/mol. The van der Waals surface area contributed by atoms with Crippen LogP contribution in [0.3, 0.4) is 0 Å². The second-order valence-corrected chi connectivity index (χ2v) is 6.03. The third-order valence-corrected chi connectivity index (χ3v) is 3.57. The fraction of sp³-hybridized carbons (Fsp3) is 0.278. The number of anilines is 4. The first-order chi connectivity index (χ1) is 11.5. The minimum absolute atomic E-state index is 0.423. The van der Waals surface area contributed by atoms with Gasteiger partial charge in [0.25, 0.3) is 0 Å². The summed E-state index contributed by atoms with van der Waals surface area (Å²) in [4.78, 5) is 8.91. The van der Waals surface area contributed by atoms with Crippen LogP contribution in [0.2, 0.25) is 0 Å². The van der Waals surface area contributed by atoms with Crippen LogP contribution in [0.5, 0.6) is 0 Å². The maximum atomic E-state index is 5.05. The van der Waals surface area contributed by atoms with Crippen LogP contribution in [0, 0.1) is 13.8 Å². The number of rotatable bonds is 5. The van der Waals surface area contributed by atoms with Crippen molar-refractivity contribution in [2.45, 2.75) is 33.6 Å². The van der Waals surface area contributed by atoms with Crippen LogP contribution >= 0.6 is 0 Å². The van der Waals surface area contributed by atoms with E-state index in [4.69, 9.17) is 4.52 Å². The molecule has 124 valence electrons. The Morgan fingerprint density at radius 3 is 2.46 bits per heavy atom. The predicted octanol–water partition coefficient (Wildman–Crippen LogP) is 4.69. The highest BCUT2D eigenvalue weighted by molar-refractivity contribution is 5.63. The van der Waals surface area contributed by atoms with Gasteiger partial charge in [-0.25, -0.2) is 4.98 Å². The number of nitrogens with zero attached hydrogens (tertiary/aromatic N) is 3. The molecule has 0 amide bonds. The van der Waals surface area contributed by atoms with E-state index < -0.39 is 0 Å². The molecule has 2 aromatic heterocycles. The quantitative estimate of drug-likeness (QED) is 0.709. The minimum Gasteiger partial charge on any atom is -0.360 e. The molecule has 0 bridgehead atoms. The number of nitrogens with one attached hydrogen (secondary N) is 2. The smallest absolute Gasteiger partial charge is 0.230 e. The molecule has 0 atom stereocenters. The summed E-state index contributed by atoms with van der Waals surface area (Å²) < 4.78 is 5.05. The summed E-state index contributed by atoms with van der Waals surface area (Å²) >= 11 is 0. The van der Waals surface area contributed by atoms with Crippen molar-refractivity contribution in [1.29, 1.82) is 0 Å². The van der Waals surface area contributed by atoms with Gasteiger partial charge in [0, 0.05) is 23.5 Å². The summed E-state index contributed by atoms with van der Waals surface area (Å²) in [5, 5.41) is 10.4. The Labute approximate surface area is 141 Å². The van der Waals surface area contributed by atoms with E-state index in [1.807, 2.05) is 32.0 Å². The van der Waals surface area contributed by atoms with Crippen LogP contribution in [0.15, 0.2) is 40.9 Å². The predicted molar refractivity (Wildman–Crippen MR) is 95.1 cm³/mol. The highest BCUT2D eigenvalue weighted by atomic mass is 16.5. The molecule has 0 spiro atoms. The third-order valence-electron chi connectivity index (χ3n) is 3.57. The van der Waals surface area contributed by atoms with Gasteiger partial charge in [0.05, 0.1) is 0 Å². The second-order valence-electron chi connectivity index (χ2n) is 6.03. The summed E-state index contributed by atoms with van der Waals surface area (Å²) in [6.45, 7) is 8.11. The number of hydrogen-bond donors (Lipinski definition) is 2. The minimum atomic E-state index is 0.423. The monoisotopic (exact) mass is 323 g/mol. The molecule has 6 nitrogen and oxygen atoms in total. The molecule has 6 heteroatoms. The van der Waals surface area contributed by atoms with Gasteiger partial charge in [-0.05, 0) is 31.4 Å². The van der Waals surface area contributed by atoms with Gasteiger partial charge >= 0.3 is 0 Å². The van der Waals surface area contributed by atoms with E-state index in [1.165, 1.54) is 5.56 Å². The van der Waals surface area contributed by atoms with Crippen molar-refractivity contribution < 1.29 is 4.52 Å². The summed E-state index contributed by atoms with van der Waals surface area (Å²) in [5.74, 6) is 2.96. The zero-order valence-electron chi connectivity index (χ0n) is 14.3. The van der Waals surface area contributed by atoms with Crippen LogP contribution in [-0.2, 0) is 0 Å². The fourth-order valence-corrected chi connectivity index (χ4v) is 2.48. The molecule has 0 aliphatic rings. The normalized spacial score (nSPS) is 10.9. The van der Waals surface area contributed by atoms with Crippen molar-refractivity contribution in [3.63, 3.8) is 0 Å². The van der Waals surface area contributed by atoms with E-state index in [2.05, 4.69) is 51.7 Å². The molecule has 3 aromatic rings. The largest absolute Gasteiger partial charge is 0.360 e. The van der Waals surface area contributed by atoms with Crippen molar-refractivity contribution >= 4 is 23.3 Å². The molecule has 2 N–H and O–H groups in total. The van der Waals surface area contributed by atoms with Gasteiger partial charge in [0.15, 0.2) is 5.82 Å². The Balaban J connectivity index is 1.86. The van der Waals surface area contributed by atoms with Crippen LogP contribution in [0.4, 0.5) is 23.3 Å². The Morgan fingerprint density at radius 2 is 1.75 bits per heavy atom. The average molecular weight is 323 g/mol. The Hall–Kier alpha value is -2.89. The van der Waals surface area contributed by atoms with Gasteiger partial charge in [0.1, 0.15) is 11.6 Å². The Morgan fingerprint density at radius 1 is 0.958 bits per heavy atom. The standard InChI is InChI=1S/C18H21N5O/c1-11(2)14-7-5-6-8-15(14)20-16-9-12(3)19-18(21-16)22-17-10-13(4)24-23-17/h5-11H,1-4H3,(H2,19,20,21,22,23). The Bertz CT molecular complexity index is 841. The first-order valence-electron chi connectivity index (χ1n) is 7.93. The molecule has 0 radical (unpaired) electrons. The summed E-state index contributed by atoms with van der Waals surface area (Å²) in [5.41, 5.74) is 3.15. The van der Waals surface area contributed by atoms with Crippen LogP contribution in [0.1, 0.15) is 36.8 Å². The van der Waals surface area contributed by atoms with E-state index >= 15 is 0 Å². The first-order valence-corrected chi connectivity index (χ1v) is 7.93. The van der Waals surface area contributed by atoms with Gasteiger partial charge in [-0.3, -0.25) is 0 Å². The zero-order valence-corrected chi connectivity index (χ0v) is 14.3. The molecule has 1 aromatic carbocycles. The lowest BCUT2D eigenvalue weighted by molar-refractivity contribution is 0.400. The fourth-order valence-electron chi connectivity index (χ4n) is 2.48. The van der Waals surface area contributed by atoms with Gasteiger partial charge < -0.3 is 15.2 Å². The van der Waals surface area contributed by atoms with E-state index in [0.29, 0.717) is 17.7 Å². The van der Waals surface area contributed by atoms with E-state index in [-0.39, 0.29) is 0 Å². The third kappa shape index (κ3) is 3.71. The molecule has 0 saturated heterocycles. The van der Waals surface area contributed by atoms with Crippen LogP contribution < -0.4 is 10.6 Å². The number of para-hydroxylation sites is 1. The molecule has 0 aliphatic heterocycles. The molecule has 0 unspecified atom stereocenters. The van der Waals surface area contributed by atoms with Crippen molar-refractivity contribution in [3.05, 3.63) is 53.4 Å². The van der Waals surface area contributed by atoms with E-state index in [0.717, 1.165) is 23.0 Å². The van der Waals surface area contributed by atoms with Crippen LogP contribution in [-0.4, -0.2) is 15.1 Å². The number of aromatic nitrogens is 3. The summed E-state index contributed by atoms with van der Waals surface area (Å²) in [6, 6.07) is 12.0. The van der Waals surface area contributed by atoms with Crippen molar-refractivity contribution in [2.75, 3.05) is 10.6 Å². The molecule has 3 rings (SSSR count). The molecule has 24 heavy (non-hydrogen) atoms.